The zero-order chi connectivity index (χ0) is 20.1. The first-order valence-electron chi connectivity index (χ1n) is 9.25. The molecule has 0 bridgehead atoms. The zero-order valence-corrected chi connectivity index (χ0v) is 16.8. The van der Waals surface area contributed by atoms with E-state index < -0.39 is 11.7 Å². The van der Waals surface area contributed by atoms with Crippen molar-refractivity contribution in [3.63, 3.8) is 0 Å². The average Bonchev–Trinajstić information content (AvgIpc) is 3.35. The van der Waals surface area contributed by atoms with E-state index in [1.165, 1.54) is 4.90 Å². The van der Waals surface area contributed by atoms with Gasteiger partial charge in [-0.15, -0.1) is 11.3 Å². The predicted molar refractivity (Wildman–Crippen MR) is 110 cm³/mol. The summed E-state index contributed by atoms with van der Waals surface area (Å²) in [6.45, 7) is 5.20. The van der Waals surface area contributed by atoms with Gasteiger partial charge >= 0.3 is 0 Å². The number of benzene rings is 1. The summed E-state index contributed by atoms with van der Waals surface area (Å²) >= 11 is 1.58. The van der Waals surface area contributed by atoms with Gasteiger partial charge in [0.05, 0.1) is 12.1 Å². The van der Waals surface area contributed by atoms with Gasteiger partial charge in [0.25, 0.3) is 11.7 Å². The van der Waals surface area contributed by atoms with Gasteiger partial charge in [-0.1, -0.05) is 24.3 Å². The Labute approximate surface area is 167 Å². The first-order valence-corrected chi connectivity index (χ1v) is 10.1. The van der Waals surface area contributed by atoms with Gasteiger partial charge in [-0.05, 0) is 31.4 Å². The Kier molecular flexibility index (Phi) is 6.26. The molecule has 0 atom stereocenters. The van der Waals surface area contributed by atoms with Crippen LogP contribution in [0.4, 0.5) is 0 Å². The largest absolute Gasteiger partial charge is 0.350 e. The molecule has 0 fully saturated rings. The quantitative estimate of drug-likeness (QED) is 0.469. The van der Waals surface area contributed by atoms with Gasteiger partial charge in [0, 0.05) is 35.1 Å². The van der Waals surface area contributed by atoms with E-state index >= 15 is 0 Å². The molecule has 0 aliphatic rings. The van der Waals surface area contributed by atoms with E-state index in [0.717, 1.165) is 10.4 Å². The lowest BCUT2D eigenvalue weighted by atomic mass is 10.1. The number of carbonyl (C=O) groups excluding carboxylic acids is 3. The number of para-hydroxylation sites is 1. The van der Waals surface area contributed by atoms with Crippen molar-refractivity contribution in [3.05, 3.63) is 58.4 Å². The molecule has 0 saturated heterocycles. The fourth-order valence-electron chi connectivity index (χ4n) is 3.14. The van der Waals surface area contributed by atoms with Crippen molar-refractivity contribution in [1.29, 1.82) is 0 Å². The molecule has 2 heterocycles. The summed E-state index contributed by atoms with van der Waals surface area (Å²) in [5.74, 6) is -1.21. The number of fused-ring (bicyclic) bond motifs is 1. The van der Waals surface area contributed by atoms with E-state index in [1.54, 1.807) is 28.2 Å². The highest BCUT2D eigenvalue weighted by Gasteiger charge is 2.25. The third-order valence-electron chi connectivity index (χ3n) is 4.63. The summed E-state index contributed by atoms with van der Waals surface area (Å²) in [5.41, 5.74) is 1.09. The van der Waals surface area contributed by atoms with Gasteiger partial charge in [-0.3, -0.25) is 14.4 Å². The SMILES string of the molecule is CCN(CC)C(=O)C(=O)c1cn(CC(=O)NCc2cccs2)c2ccccc12. The first kappa shape index (κ1) is 19.8. The minimum atomic E-state index is -0.544. The number of carbonyl (C=O) groups is 3. The van der Waals surface area contributed by atoms with Crippen LogP contribution in [-0.4, -0.2) is 40.2 Å². The molecule has 0 spiro atoms. The summed E-state index contributed by atoms with van der Waals surface area (Å²) in [7, 11) is 0. The second-order valence-electron chi connectivity index (χ2n) is 6.35. The molecule has 1 aromatic carbocycles. The molecule has 0 radical (unpaired) electrons. The molecule has 0 aliphatic carbocycles. The number of hydrogen-bond donors (Lipinski definition) is 1. The second-order valence-corrected chi connectivity index (χ2v) is 7.38. The van der Waals surface area contributed by atoms with Crippen LogP contribution in [0.1, 0.15) is 29.1 Å². The van der Waals surface area contributed by atoms with Crippen molar-refractivity contribution in [1.82, 2.24) is 14.8 Å². The number of hydrogen-bond acceptors (Lipinski definition) is 4. The third kappa shape index (κ3) is 4.14. The Bertz CT molecular complexity index is 988. The second kappa shape index (κ2) is 8.84. The molecule has 0 saturated carbocycles. The van der Waals surface area contributed by atoms with E-state index in [2.05, 4.69) is 5.32 Å². The van der Waals surface area contributed by atoms with Gasteiger partial charge in [-0.25, -0.2) is 0 Å². The monoisotopic (exact) mass is 397 g/mol. The number of amides is 2. The zero-order valence-electron chi connectivity index (χ0n) is 16.0. The topological polar surface area (TPSA) is 71.4 Å². The Morgan fingerprint density at radius 1 is 1.07 bits per heavy atom. The van der Waals surface area contributed by atoms with Gasteiger partial charge in [-0.2, -0.15) is 0 Å². The Morgan fingerprint density at radius 3 is 2.50 bits per heavy atom. The molecule has 3 aromatic rings. The smallest absolute Gasteiger partial charge is 0.295 e. The number of likely N-dealkylation sites (N-methyl/N-ethyl adjacent to an activating group) is 1. The van der Waals surface area contributed by atoms with Crippen LogP contribution in [0.25, 0.3) is 10.9 Å². The average molecular weight is 398 g/mol. The molecule has 2 aromatic heterocycles. The Hall–Kier alpha value is -2.93. The van der Waals surface area contributed by atoms with Crippen LogP contribution >= 0.6 is 11.3 Å². The molecule has 2 amide bonds. The molecular weight excluding hydrogens is 374 g/mol. The number of nitrogens with one attached hydrogen (secondary N) is 1. The van der Waals surface area contributed by atoms with Crippen molar-refractivity contribution in [2.75, 3.05) is 13.1 Å². The van der Waals surface area contributed by atoms with Crippen molar-refractivity contribution in [2.45, 2.75) is 26.9 Å². The highest BCUT2D eigenvalue weighted by Crippen LogP contribution is 2.22. The molecule has 146 valence electrons. The van der Waals surface area contributed by atoms with Crippen molar-refractivity contribution >= 4 is 39.8 Å². The fraction of sp³-hybridized carbons (Fsp3) is 0.286. The first-order chi connectivity index (χ1) is 13.5. The van der Waals surface area contributed by atoms with Crippen molar-refractivity contribution in [2.24, 2.45) is 0 Å². The maximum Gasteiger partial charge on any atom is 0.295 e. The number of nitrogens with zero attached hydrogens (tertiary/aromatic N) is 2. The summed E-state index contributed by atoms with van der Waals surface area (Å²) in [4.78, 5) is 40.3. The number of ketones is 1. The molecule has 7 heteroatoms. The minimum absolute atomic E-state index is 0.0820. The van der Waals surface area contributed by atoms with E-state index in [1.807, 2.05) is 49.6 Å². The molecule has 1 N–H and O–H groups in total. The standard InChI is InChI=1S/C21H23N3O3S/c1-3-23(4-2)21(27)20(26)17-13-24(18-10-6-5-9-16(17)18)14-19(25)22-12-15-8-7-11-28-15/h5-11,13H,3-4,12,14H2,1-2H3,(H,22,25). The highest BCUT2D eigenvalue weighted by atomic mass is 32.1. The Morgan fingerprint density at radius 2 is 1.82 bits per heavy atom. The van der Waals surface area contributed by atoms with Gasteiger partial charge in [0.15, 0.2) is 0 Å². The maximum absolute atomic E-state index is 12.8. The molecule has 6 nitrogen and oxygen atoms in total. The molecular formula is C21H23N3O3S. The van der Waals surface area contributed by atoms with Crippen LogP contribution in [0, 0.1) is 0 Å². The molecule has 28 heavy (non-hydrogen) atoms. The lowest BCUT2D eigenvalue weighted by Crippen LogP contribution is -2.36. The van der Waals surface area contributed by atoms with Gasteiger partial charge in [0.1, 0.15) is 6.54 Å². The third-order valence-corrected chi connectivity index (χ3v) is 5.51. The summed E-state index contributed by atoms with van der Waals surface area (Å²) in [6, 6.07) is 11.2. The summed E-state index contributed by atoms with van der Waals surface area (Å²) in [6.07, 6.45) is 1.61. The van der Waals surface area contributed by atoms with Crippen LogP contribution in [0.5, 0.6) is 0 Å². The molecule has 0 aliphatic heterocycles. The predicted octanol–water partition coefficient (Wildman–Crippen LogP) is 3.07. The number of Topliss-reactive ketones (excluding diaryl/α,β-unsaturated/α-hetero) is 1. The van der Waals surface area contributed by atoms with E-state index in [4.69, 9.17) is 0 Å². The van der Waals surface area contributed by atoms with Gasteiger partial charge < -0.3 is 14.8 Å². The number of aromatic nitrogens is 1. The Balaban J connectivity index is 1.83. The van der Waals surface area contributed by atoms with Crippen molar-refractivity contribution in [3.8, 4) is 0 Å². The van der Waals surface area contributed by atoms with Crippen LogP contribution in [0.15, 0.2) is 48.0 Å². The minimum Gasteiger partial charge on any atom is -0.350 e. The van der Waals surface area contributed by atoms with E-state index in [-0.39, 0.29) is 12.5 Å². The number of rotatable bonds is 8. The van der Waals surface area contributed by atoms with E-state index in [0.29, 0.717) is 30.6 Å². The lowest BCUT2D eigenvalue weighted by Gasteiger charge is -2.17. The summed E-state index contributed by atoms with van der Waals surface area (Å²) in [5, 5.41) is 5.53. The number of thiophene rings is 1. The van der Waals surface area contributed by atoms with Crippen LogP contribution < -0.4 is 5.32 Å². The molecule has 0 unspecified atom stereocenters. The van der Waals surface area contributed by atoms with Crippen molar-refractivity contribution < 1.29 is 14.4 Å². The van der Waals surface area contributed by atoms with Crippen LogP contribution in [0.3, 0.4) is 0 Å². The normalized spacial score (nSPS) is 10.8. The lowest BCUT2D eigenvalue weighted by molar-refractivity contribution is -0.126. The fourth-order valence-corrected chi connectivity index (χ4v) is 3.78. The summed E-state index contributed by atoms with van der Waals surface area (Å²) < 4.78 is 1.72. The van der Waals surface area contributed by atoms with E-state index in [9.17, 15) is 14.4 Å². The van der Waals surface area contributed by atoms with Crippen LogP contribution in [-0.2, 0) is 22.7 Å². The van der Waals surface area contributed by atoms with Crippen LogP contribution in [0.2, 0.25) is 0 Å². The maximum atomic E-state index is 12.8. The highest BCUT2D eigenvalue weighted by molar-refractivity contribution is 7.09. The molecule has 3 rings (SSSR count). The van der Waals surface area contributed by atoms with Gasteiger partial charge in [0.2, 0.25) is 5.91 Å².